The molecule has 1 rings (SSSR count). The summed E-state index contributed by atoms with van der Waals surface area (Å²) in [5.41, 5.74) is 7.84. The van der Waals surface area contributed by atoms with Gasteiger partial charge in [0.2, 0.25) is 0 Å². The van der Waals surface area contributed by atoms with Gasteiger partial charge in [0, 0.05) is 0 Å². The standard InChI is InChI=1S/C3H6N4S4/c4-5-1(8)3(10)7-6-2(9)11-3/h7,10H,4H2,(H,5,8)(H,6,9). The Hall–Kier alpha value is 0.400. The molecule has 5 N–H and O–H groups in total. The summed E-state index contributed by atoms with van der Waals surface area (Å²) in [6.45, 7) is 0. The maximum Gasteiger partial charge on any atom is 0.184 e. The third-order valence-electron chi connectivity index (χ3n) is 1.01. The predicted octanol–water partition coefficient (Wildman–Crippen LogP) is -0.513. The number of thiol groups is 1. The Morgan fingerprint density at radius 2 is 2.45 bits per heavy atom. The van der Waals surface area contributed by atoms with Gasteiger partial charge in [0.15, 0.2) is 8.52 Å². The summed E-state index contributed by atoms with van der Waals surface area (Å²) in [4.78, 5) is 0.387. The van der Waals surface area contributed by atoms with E-state index in [2.05, 4.69) is 28.9 Å². The van der Waals surface area contributed by atoms with Crippen LogP contribution in [0, 0.1) is 0 Å². The fraction of sp³-hybridized carbons (Fsp3) is 0.333. The Labute approximate surface area is 84.4 Å². The minimum Gasteiger partial charge on any atom is -0.315 e. The molecular formula is C3H6N4S4. The Balaban J connectivity index is 2.69. The van der Waals surface area contributed by atoms with Crippen LogP contribution >= 0.6 is 48.8 Å². The third kappa shape index (κ3) is 1.95. The lowest BCUT2D eigenvalue weighted by molar-refractivity contribution is 0.695. The molecule has 0 saturated carbocycles. The Morgan fingerprint density at radius 1 is 1.82 bits per heavy atom. The number of nitrogens with two attached hydrogens (primary N) is 1. The van der Waals surface area contributed by atoms with E-state index in [1.807, 2.05) is 0 Å². The van der Waals surface area contributed by atoms with E-state index in [9.17, 15) is 0 Å². The second-order valence-electron chi connectivity index (χ2n) is 1.76. The zero-order valence-electron chi connectivity index (χ0n) is 5.25. The molecule has 1 unspecified atom stereocenters. The summed E-state index contributed by atoms with van der Waals surface area (Å²) in [5, 5.41) is 0. The van der Waals surface area contributed by atoms with E-state index in [0.717, 1.165) is 0 Å². The van der Waals surface area contributed by atoms with Gasteiger partial charge in [-0.05, 0) is 0 Å². The van der Waals surface area contributed by atoms with Crippen molar-refractivity contribution in [2.45, 2.75) is 4.20 Å². The van der Waals surface area contributed by atoms with Crippen LogP contribution in [-0.4, -0.2) is 13.5 Å². The van der Waals surface area contributed by atoms with Gasteiger partial charge >= 0.3 is 0 Å². The quantitative estimate of drug-likeness (QED) is 0.179. The monoisotopic (exact) mass is 226 g/mol. The molecule has 8 heteroatoms. The Kier molecular flexibility index (Phi) is 2.95. The molecule has 11 heavy (non-hydrogen) atoms. The van der Waals surface area contributed by atoms with Crippen molar-refractivity contribution >= 4 is 58.1 Å². The van der Waals surface area contributed by atoms with Gasteiger partial charge < -0.3 is 10.9 Å². The molecule has 1 saturated heterocycles. The van der Waals surface area contributed by atoms with Crippen LogP contribution in [-0.2, 0) is 0 Å². The Bertz CT molecular complexity index is 206. The van der Waals surface area contributed by atoms with Crippen LogP contribution in [0.4, 0.5) is 0 Å². The van der Waals surface area contributed by atoms with Crippen molar-refractivity contribution in [1.82, 2.24) is 16.3 Å². The molecule has 1 atom stereocenters. The fourth-order valence-corrected chi connectivity index (χ4v) is 2.33. The Morgan fingerprint density at radius 3 is 2.82 bits per heavy atom. The van der Waals surface area contributed by atoms with E-state index in [-0.39, 0.29) is 0 Å². The van der Waals surface area contributed by atoms with Crippen molar-refractivity contribution < 1.29 is 0 Å². The van der Waals surface area contributed by atoms with Gasteiger partial charge in [-0.1, -0.05) is 36.2 Å². The molecule has 0 aliphatic carbocycles. The van der Waals surface area contributed by atoms with Gasteiger partial charge in [-0.15, -0.1) is 12.6 Å². The first-order valence-electron chi connectivity index (χ1n) is 2.58. The van der Waals surface area contributed by atoms with E-state index < -0.39 is 4.20 Å². The van der Waals surface area contributed by atoms with E-state index >= 15 is 0 Å². The van der Waals surface area contributed by atoms with Crippen LogP contribution in [0.2, 0.25) is 0 Å². The average molecular weight is 226 g/mol. The summed E-state index contributed by atoms with van der Waals surface area (Å²) in [6.07, 6.45) is 0. The molecule has 1 heterocycles. The zero-order valence-corrected chi connectivity index (χ0v) is 8.59. The van der Waals surface area contributed by atoms with Crippen molar-refractivity contribution in [2.75, 3.05) is 0 Å². The minimum atomic E-state index is -0.721. The molecule has 1 aliphatic heterocycles. The predicted molar refractivity (Wildman–Crippen MR) is 58.1 cm³/mol. The number of hydrogen-bond acceptors (Lipinski definition) is 6. The third-order valence-corrected chi connectivity index (χ3v) is 3.57. The zero-order chi connectivity index (χ0) is 8.48. The van der Waals surface area contributed by atoms with E-state index in [1.54, 1.807) is 0 Å². The van der Waals surface area contributed by atoms with E-state index in [0.29, 0.717) is 9.31 Å². The highest BCUT2D eigenvalue weighted by molar-refractivity contribution is 8.30. The van der Waals surface area contributed by atoms with Crippen molar-refractivity contribution in [3.05, 3.63) is 0 Å². The molecule has 1 aliphatic rings. The van der Waals surface area contributed by atoms with Crippen molar-refractivity contribution in [3.63, 3.8) is 0 Å². The summed E-state index contributed by atoms with van der Waals surface area (Å²) < 4.78 is -0.126. The van der Waals surface area contributed by atoms with Crippen LogP contribution in [0.15, 0.2) is 0 Å². The maximum atomic E-state index is 5.12. The van der Waals surface area contributed by atoms with Crippen LogP contribution < -0.4 is 22.1 Å². The van der Waals surface area contributed by atoms with Crippen LogP contribution in [0.5, 0.6) is 0 Å². The molecule has 0 amide bonds. The first kappa shape index (κ1) is 9.49. The number of thioether (sulfide) groups is 1. The lowest BCUT2D eigenvalue weighted by atomic mass is 10.6. The fourth-order valence-electron chi connectivity index (χ4n) is 0.522. The van der Waals surface area contributed by atoms with Gasteiger partial charge in [-0.2, -0.15) is 0 Å². The average Bonchev–Trinajstić information content (AvgIpc) is 2.31. The first-order valence-corrected chi connectivity index (χ1v) is 4.66. The van der Waals surface area contributed by atoms with Crippen LogP contribution in [0.25, 0.3) is 0 Å². The molecule has 0 spiro atoms. The van der Waals surface area contributed by atoms with Gasteiger partial charge in [-0.25, -0.2) is 11.3 Å². The highest BCUT2D eigenvalue weighted by Crippen LogP contribution is 2.31. The normalized spacial score (nSPS) is 29.8. The van der Waals surface area contributed by atoms with Crippen LogP contribution in [0.1, 0.15) is 0 Å². The van der Waals surface area contributed by atoms with Gasteiger partial charge in [0.25, 0.3) is 0 Å². The topological polar surface area (TPSA) is 62.1 Å². The smallest absolute Gasteiger partial charge is 0.184 e. The molecule has 62 valence electrons. The number of rotatable bonds is 1. The summed E-state index contributed by atoms with van der Waals surface area (Å²) in [7, 11) is 0. The molecule has 1 fully saturated rings. The van der Waals surface area contributed by atoms with E-state index in [1.165, 1.54) is 11.8 Å². The SMILES string of the molecule is NNC(=S)C1(S)NNC(=S)S1. The molecule has 0 aromatic carbocycles. The lowest BCUT2D eigenvalue weighted by Gasteiger charge is -2.20. The largest absolute Gasteiger partial charge is 0.315 e. The molecule has 0 bridgehead atoms. The molecule has 0 radical (unpaired) electrons. The van der Waals surface area contributed by atoms with Crippen molar-refractivity contribution in [3.8, 4) is 0 Å². The highest BCUT2D eigenvalue weighted by Gasteiger charge is 2.37. The first-order chi connectivity index (χ1) is 5.08. The highest BCUT2D eigenvalue weighted by atomic mass is 32.2. The molecule has 0 aromatic rings. The number of hydrazine groups is 2. The van der Waals surface area contributed by atoms with E-state index in [4.69, 9.17) is 30.3 Å². The van der Waals surface area contributed by atoms with Gasteiger partial charge in [-0.3, -0.25) is 0 Å². The van der Waals surface area contributed by atoms with Gasteiger partial charge in [0.05, 0.1) is 0 Å². The number of hydrogen-bond donors (Lipinski definition) is 5. The summed E-state index contributed by atoms with van der Waals surface area (Å²) in [6, 6.07) is 0. The van der Waals surface area contributed by atoms with Crippen molar-refractivity contribution in [1.29, 1.82) is 0 Å². The summed E-state index contributed by atoms with van der Waals surface area (Å²) in [5.74, 6) is 5.12. The van der Waals surface area contributed by atoms with Gasteiger partial charge in [0.1, 0.15) is 4.99 Å². The number of nitrogens with one attached hydrogen (secondary N) is 3. The minimum absolute atomic E-state index is 0.387. The molecule has 4 nitrogen and oxygen atoms in total. The second-order valence-corrected chi connectivity index (χ2v) is 5.03. The molecular weight excluding hydrogens is 220 g/mol. The second kappa shape index (κ2) is 3.42. The van der Waals surface area contributed by atoms with Crippen LogP contribution in [0.3, 0.4) is 0 Å². The maximum absolute atomic E-state index is 5.12. The summed E-state index contributed by atoms with van der Waals surface area (Å²) >= 11 is 15.3. The van der Waals surface area contributed by atoms with Crippen molar-refractivity contribution in [2.24, 2.45) is 5.84 Å². The lowest BCUT2D eigenvalue weighted by Crippen LogP contribution is -2.51. The molecule has 0 aromatic heterocycles. The number of thiocarbonyl (C=S) groups is 2.